The van der Waals surface area contributed by atoms with Crippen LogP contribution in [-0.4, -0.2) is 36.4 Å². The van der Waals surface area contributed by atoms with Gasteiger partial charge in [-0.1, -0.05) is 30.3 Å². The van der Waals surface area contributed by atoms with Crippen LogP contribution in [0, 0.1) is 0 Å². The molecule has 2 rings (SSSR count). The monoisotopic (exact) mass is 339 g/mol. The summed E-state index contributed by atoms with van der Waals surface area (Å²) in [7, 11) is -1.96. The average Bonchev–Trinajstić information content (AvgIpc) is 2.99. The molecule has 22 heavy (non-hydrogen) atoms. The summed E-state index contributed by atoms with van der Waals surface area (Å²) in [6.07, 6.45) is 1.48. The van der Waals surface area contributed by atoms with Crippen LogP contribution in [-0.2, 0) is 21.4 Å². The molecule has 0 saturated heterocycles. The minimum atomic E-state index is -3.48. The van der Waals surface area contributed by atoms with E-state index in [1.54, 1.807) is 11.6 Å². The maximum Gasteiger partial charge on any atom is 0.227 e. The number of nitrogens with zero attached hydrogens (tertiary/aromatic N) is 2. The summed E-state index contributed by atoms with van der Waals surface area (Å²) in [5, 5.41) is 4.78. The molecule has 1 heterocycles. The van der Waals surface area contributed by atoms with Crippen molar-refractivity contribution in [2.45, 2.75) is 13.0 Å². The van der Waals surface area contributed by atoms with Gasteiger partial charge in [0.2, 0.25) is 15.9 Å². The van der Waals surface area contributed by atoms with Gasteiger partial charge in [-0.2, -0.15) is 0 Å². The fourth-order valence-electron chi connectivity index (χ4n) is 1.78. The van der Waals surface area contributed by atoms with E-state index in [2.05, 4.69) is 10.3 Å². The van der Waals surface area contributed by atoms with Gasteiger partial charge in [-0.3, -0.25) is 4.79 Å². The number of rotatable bonds is 7. The molecule has 0 unspecified atom stereocenters. The van der Waals surface area contributed by atoms with E-state index in [1.165, 1.54) is 22.7 Å². The number of anilines is 1. The number of benzene rings is 1. The highest BCUT2D eigenvalue weighted by molar-refractivity contribution is 7.89. The van der Waals surface area contributed by atoms with Gasteiger partial charge in [-0.25, -0.2) is 17.7 Å². The molecule has 0 saturated carbocycles. The highest BCUT2D eigenvalue weighted by Crippen LogP contribution is 2.12. The Hall–Kier alpha value is -1.77. The van der Waals surface area contributed by atoms with Crippen molar-refractivity contribution < 1.29 is 13.2 Å². The number of aromatic nitrogens is 1. The first-order valence-corrected chi connectivity index (χ1v) is 9.13. The predicted molar refractivity (Wildman–Crippen MR) is 87.1 cm³/mol. The molecule has 118 valence electrons. The van der Waals surface area contributed by atoms with Crippen LogP contribution < -0.4 is 5.32 Å². The van der Waals surface area contributed by atoms with Gasteiger partial charge in [0.05, 0.1) is 5.75 Å². The van der Waals surface area contributed by atoms with Gasteiger partial charge in [-0.15, -0.1) is 11.3 Å². The first-order valence-electron chi connectivity index (χ1n) is 6.64. The maximum absolute atomic E-state index is 12.2. The number of carbonyl (C=O) groups is 1. The van der Waals surface area contributed by atoms with E-state index in [0.29, 0.717) is 5.13 Å². The quantitative estimate of drug-likeness (QED) is 0.836. The largest absolute Gasteiger partial charge is 0.302 e. The third-order valence-corrected chi connectivity index (χ3v) is 5.48. The molecule has 6 nitrogen and oxygen atoms in total. The molecular weight excluding hydrogens is 322 g/mol. The van der Waals surface area contributed by atoms with E-state index in [1.807, 2.05) is 30.3 Å². The molecule has 0 aliphatic heterocycles. The molecule has 1 N–H and O–H groups in total. The molecule has 1 aromatic heterocycles. The minimum absolute atomic E-state index is 0.0962. The smallest absolute Gasteiger partial charge is 0.227 e. The van der Waals surface area contributed by atoms with E-state index in [-0.39, 0.29) is 24.6 Å². The summed E-state index contributed by atoms with van der Waals surface area (Å²) >= 11 is 1.29. The number of thiazole rings is 1. The van der Waals surface area contributed by atoms with Gasteiger partial charge >= 0.3 is 0 Å². The Morgan fingerprint density at radius 2 is 2.05 bits per heavy atom. The fourth-order valence-corrected chi connectivity index (χ4v) is 3.43. The zero-order chi connectivity index (χ0) is 16.0. The van der Waals surface area contributed by atoms with Crippen LogP contribution in [0.2, 0.25) is 0 Å². The van der Waals surface area contributed by atoms with Crippen LogP contribution in [0.25, 0.3) is 0 Å². The zero-order valence-corrected chi connectivity index (χ0v) is 13.7. The number of nitrogens with one attached hydrogen (secondary N) is 1. The first-order chi connectivity index (χ1) is 10.5. The van der Waals surface area contributed by atoms with Crippen LogP contribution in [0.4, 0.5) is 5.13 Å². The molecule has 0 aliphatic rings. The second kappa shape index (κ2) is 7.48. The lowest BCUT2D eigenvalue weighted by Gasteiger charge is -2.17. The summed E-state index contributed by atoms with van der Waals surface area (Å²) in [4.78, 5) is 15.6. The second-order valence-corrected chi connectivity index (χ2v) is 7.78. The van der Waals surface area contributed by atoms with Gasteiger partial charge < -0.3 is 5.32 Å². The van der Waals surface area contributed by atoms with E-state index < -0.39 is 10.0 Å². The van der Waals surface area contributed by atoms with Crippen LogP contribution >= 0.6 is 11.3 Å². The molecule has 0 bridgehead atoms. The number of amides is 1. The van der Waals surface area contributed by atoms with Gasteiger partial charge in [0.15, 0.2) is 5.13 Å². The molecule has 1 amide bonds. The Labute approximate surface area is 133 Å². The number of sulfonamides is 1. The van der Waals surface area contributed by atoms with Crippen molar-refractivity contribution in [1.29, 1.82) is 0 Å². The van der Waals surface area contributed by atoms with Gasteiger partial charge in [0.25, 0.3) is 0 Å². The summed E-state index contributed by atoms with van der Waals surface area (Å²) in [6.45, 7) is 0.289. The maximum atomic E-state index is 12.2. The molecule has 0 spiro atoms. The molecule has 1 aromatic carbocycles. The Kier molecular flexibility index (Phi) is 5.64. The fraction of sp³-hybridized carbons (Fsp3) is 0.286. The Morgan fingerprint density at radius 1 is 1.32 bits per heavy atom. The predicted octanol–water partition coefficient (Wildman–Crippen LogP) is 1.93. The number of hydrogen-bond donors (Lipinski definition) is 1. The van der Waals surface area contributed by atoms with Crippen molar-refractivity contribution in [3.8, 4) is 0 Å². The molecule has 0 aliphatic carbocycles. The Bertz CT molecular complexity index is 700. The molecular formula is C14H17N3O3S2. The van der Waals surface area contributed by atoms with E-state index in [9.17, 15) is 13.2 Å². The van der Waals surface area contributed by atoms with Crippen molar-refractivity contribution in [2.24, 2.45) is 0 Å². The normalized spacial score (nSPS) is 11.5. The van der Waals surface area contributed by atoms with Gasteiger partial charge in [0, 0.05) is 31.6 Å². The first kappa shape index (κ1) is 16.6. The summed E-state index contributed by atoms with van der Waals surface area (Å²) < 4.78 is 25.6. The molecule has 0 radical (unpaired) electrons. The SMILES string of the molecule is CN(Cc1ccccc1)S(=O)(=O)CCC(=O)Nc1nccs1. The highest BCUT2D eigenvalue weighted by Gasteiger charge is 2.19. The third kappa shape index (κ3) is 4.90. The van der Waals surface area contributed by atoms with Crippen LogP contribution in [0.1, 0.15) is 12.0 Å². The van der Waals surface area contributed by atoms with Crippen molar-refractivity contribution in [3.05, 3.63) is 47.5 Å². The van der Waals surface area contributed by atoms with Crippen LogP contribution in [0.15, 0.2) is 41.9 Å². The van der Waals surface area contributed by atoms with E-state index in [4.69, 9.17) is 0 Å². The van der Waals surface area contributed by atoms with E-state index >= 15 is 0 Å². The molecule has 0 fully saturated rings. The zero-order valence-electron chi connectivity index (χ0n) is 12.1. The van der Waals surface area contributed by atoms with Crippen LogP contribution in [0.3, 0.4) is 0 Å². The Morgan fingerprint density at radius 3 is 2.68 bits per heavy atom. The van der Waals surface area contributed by atoms with Gasteiger partial charge in [0.1, 0.15) is 0 Å². The van der Waals surface area contributed by atoms with Crippen LogP contribution in [0.5, 0.6) is 0 Å². The molecule has 8 heteroatoms. The summed E-state index contributed by atoms with van der Waals surface area (Å²) in [5.74, 6) is -0.584. The average molecular weight is 339 g/mol. The van der Waals surface area contributed by atoms with Crippen molar-refractivity contribution in [3.63, 3.8) is 0 Å². The van der Waals surface area contributed by atoms with E-state index in [0.717, 1.165) is 5.56 Å². The highest BCUT2D eigenvalue weighted by atomic mass is 32.2. The molecule has 2 aromatic rings. The molecule has 0 atom stereocenters. The van der Waals surface area contributed by atoms with Crippen molar-refractivity contribution in [1.82, 2.24) is 9.29 Å². The Balaban J connectivity index is 1.86. The standard InChI is InChI=1S/C14H17N3O3S2/c1-17(11-12-5-3-2-4-6-12)22(19,20)10-7-13(18)16-14-15-8-9-21-14/h2-6,8-9H,7,10-11H2,1H3,(H,15,16,18). The minimum Gasteiger partial charge on any atom is -0.302 e. The lowest BCUT2D eigenvalue weighted by Crippen LogP contribution is -2.30. The van der Waals surface area contributed by atoms with Gasteiger partial charge in [-0.05, 0) is 5.56 Å². The number of hydrogen-bond acceptors (Lipinski definition) is 5. The lowest BCUT2D eigenvalue weighted by atomic mass is 10.2. The topological polar surface area (TPSA) is 79.4 Å². The van der Waals surface area contributed by atoms with Crippen molar-refractivity contribution >= 4 is 32.4 Å². The second-order valence-electron chi connectivity index (χ2n) is 4.69. The summed E-state index contributed by atoms with van der Waals surface area (Å²) in [6, 6.07) is 9.32. The summed E-state index contributed by atoms with van der Waals surface area (Å²) in [5.41, 5.74) is 0.904. The lowest BCUT2D eigenvalue weighted by molar-refractivity contribution is -0.115. The third-order valence-electron chi connectivity index (χ3n) is 2.99. The number of carbonyl (C=O) groups excluding carboxylic acids is 1. The van der Waals surface area contributed by atoms with Crippen molar-refractivity contribution in [2.75, 3.05) is 18.1 Å².